The van der Waals surface area contributed by atoms with Gasteiger partial charge in [0.15, 0.2) is 0 Å². The Morgan fingerprint density at radius 3 is 2.42 bits per heavy atom. The Morgan fingerprint density at radius 1 is 1.11 bits per heavy atom. The molecule has 0 amide bonds. The van der Waals surface area contributed by atoms with Crippen molar-refractivity contribution in [2.75, 3.05) is 11.1 Å². The van der Waals surface area contributed by atoms with Gasteiger partial charge in [0, 0.05) is 17.5 Å². The zero-order valence-electron chi connectivity index (χ0n) is 12.1. The van der Waals surface area contributed by atoms with Crippen LogP contribution in [-0.2, 0) is 0 Å². The first-order valence-electron chi connectivity index (χ1n) is 7.46. The molecule has 19 heavy (non-hydrogen) atoms. The Kier molecular flexibility index (Phi) is 3.11. The lowest BCUT2D eigenvalue weighted by Gasteiger charge is -2.22. The van der Waals surface area contributed by atoms with Crippen LogP contribution in [0.4, 0.5) is 11.6 Å². The Morgan fingerprint density at radius 2 is 1.84 bits per heavy atom. The molecule has 0 spiro atoms. The minimum atomic E-state index is 0.523. The van der Waals surface area contributed by atoms with Gasteiger partial charge in [0.2, 0.25) is 0 Å². The van der Waals surface area contributed by atoms with Gasteiger partial charge in [-0.25, -0.2) is 9.97 Å². The highest BCUT2D eigenvalue weighted by molar-refractivity contribution is 5.55. The van der Waals surface area contributed by atoms with Crippen LogP contribution >= 0.6 is 0 Å². The molecule has 2 aliphatic carbocycles. The van der Waals surface area contributed by atoms with E-state index in [1.165, 1.54) is 25.7 Å². The zero-order chi connectivity index (χ0) is 13.6. The fourth-order valence-corrected chi connectivity index (χ4v) is 2.96. The van der Waals surface area contributed by atoms with E-state index in [1.807, 2.05) is 6.92 Å². The van der Waals surface area contributed by atoms with Crippen molar-refractivity contribution in [2.45, 2.75) is 58.4 Å². The molecule has 0 saturated heterocycles. The van der Waals surface area contributed by atoms with Gasteiger partial charge >= 0.3 is 0 Å². The first kappa shape index (κ1) is 12.7. The van der Waals surface area contributed by atoms with Crippen LogP contribution in [0, 0.1) is 18.8 Å². The minimum Gasteiger partial charge on any atom is -0.383 e. The summed E-state index contributed by atoms with van der Waals surface area (Å²) in [5.41, 5.74) is 7.03. The van der Waals surface area contributed by atoms with Crippen LogP contribution in [0.25, 0.3) is 0 Å². The highest BCUT2D eigenvalue weighted by Gasteiger charge is 2.32. The van der Waals surface area contributed by atoms with Gasteiger partial charge < -0.3 is 11.1 Å². The van der Waals surface area contributed by atoms with E-state index in [0.29, 0.717) is 23.7 Å². The summed E-state index contributed by atoms with van der Waals surface area (Å²) in [6.07, 6.45) is 4.94. The van der Waals surface area contributed by atoms with E-state index in [-0.39, 0.29) is 0 Å². The van der Waals surface area contributed by atoms with Gasteiger partial charge in [-0.1, -0.05) is 13.8 Å². The average molecular weight is 260 g/mol. The van der Waals surface area contributed by atoms with Gasteiger partial charge in [-0.15, -0.1) is 0 Å². The van der Waals surface area contributed by atoms with Crippen molar-refractivity contribution in [1.82, 2.24) is 9.97 Å². The second-order valence-corrected chi connectivity index (χ2v) is 6.38. The molecule has 3 atom stereocenters. The number of nitrogens with zero attached hydrogens (tertiary/aromatic N) is 2. The number of hydrogen-bond donors (Lipinski definition) is 2. The predicted octanol–water partition coefficient (Wildman–Crippen LogP) is 3.09. The maximum Gasteiger partial charge on any atom is 0.136 e. The summed E-state index contributed by atoms with van der Waals surface area (Å²) in [6.45, 7) is 6.68. The fraction of sp³-hybridized carbons (Fsp3) is 0.733. The summed E-state index contributed by atoms with van der Waals surface area (Å²) < 4.78 is 0. The maximum absolute atomic E-state index is 6.03. The summed E-state index contributed by atoms with van der Waals surface area (Å²) in [7, 11) is 0. The lowest BCUT2D eigenvalue weighted by molar-refractivity contribution is 0.435. The highest BCUT2D eigenvalue weighted by Crippen LogP contribution is 2.40. The number of rotatable bonds is 3. The minimum absolute atomic E-state index is 0.523. The van der Waals surface area contributed by atoms with Crippen molar-refractivity contribution in [3.8, 4) is 0 Å². The Balaban J connectivity index is 1.83. The number of nitrogens with one attached hydrogen (secondary N) is 1. The Labute approximate surface area is 115 Å². The standard InChI is InChI=1S/C15H24N4/c1-8-4-7-12(9(8)2)17-14-10(3)13(16)18-15(19-14)11-5-6-11/h8-9,11-12H,4-7H2,1-3H3,(H3,16,17,18,19). The van der Waals surface area contributed by atoms with Crippen LogP contribution < -0.4 is 11.1 Å². The number of nitrogens with two attached hydrogens (primary N) is 1. The van der Waals surface area contributed by atoms with Crippen LogP contribution in [0.5, 0.6) is 0 Å². The molecule has 0 aliphatic heterocycles. The third-order valence-corrected chi connectivity index (χ3v) is 4.93. The molecule has 0 radical (unpaired) electrons. The summed E-state index contributed by atoms with van der Waals surface area (Å²) in [6, 6.07) is 0.523. The molecule has 4 heteroatoms. The zero-order valence-corrected chi connectivity index (χ0v) is 12.1. The summed E-state index contributed by atoms with van der Waals surface area (Å²) >= 11 is 0. The molecule has 2 fully saturated rings. The van der Waals surface area contributed by atoms with Gasteiger partial charge in [0.05, 0.1) is 0 Å². The SMILES string of the molecule is Cc1c(N)nc(C2CC2)nc1NC1CCC(C)C1C. The first-order valence-corrected chi connectivity index (χ1v) is 7.46. The number of nitrogen functional groups attached to an aromatic ring is 1. The normalized spacial score (nSPS) is 30.6. The van der Waals surface area contributed by atoms with Crippen molar-refractivity contribution in [1.29, 1.82) is 0 Å². The second-order valence-electron chi connectivity index (χ2n) is 6.38. The van der Waals surface area contributed by atoms with E-state index in [9.17, 15) is 0 Å². The molecule has 1 aromatic rings. The van der Waals surface area contributed by atoms with Gasteiger partial charge in [-0.2, -0.15) is 0 Å². The molecule has 2 saturated carbocycles. The average Bonchev–Trinajstić information content (AvgIpc) is 3.17. The van der Waals surface area contributed by atoms with E-state index < -0.39 is 0 Å². The van der Waals surface area contributed by atoms with Crippen molar-refractivity contribution in [2.24, 2.45) is 11.8 Å². The third-order valence-electron chi connectivity index (χ3n) is 4.93. The number of hydrogen-bond acceptors (Lipinski definition) is 4. The lowest BCUT2D eigenvalue weighted by Crippen LogP contribution is -2.25. The largest absolute Gasteiger partial charge is 0.383 e. The Bertz CT molecular complexity index is 481. The maximum atomic E-state index is 6.03. The molecule has 3 N–H and O–H groups in total. The molecule has 1 heterocycles. The van der Waals surface area contributed by atoms with E-state index in [2.05, 4.69) is 24.1 Å². The van der Waals surface area contributed by atoms with E-state index in [0.717, 1.165) is 23.1 Å². The van der Waals surface area contributed by atoms with Crippen LogP contribution in [-0.4, -0.2) is 16.0 Å². The van der Waals surface area contributed by atoms with E-state index in [4.69, 9.17) is 10.7 Å². The van der Waals surface area contributed by atoms with Crippen LogP contribution in [0.15, 0.2) is 0 Å². The van der Waals surface area contributed by atoms with Crippen LogP contribution in [0.3, 0.4) is 0 Å². The second kappa shape index (κ2) is 4.66. The summed E-state index contributed by atoms with van der Waals surface area (Å²) in [5.74, 6) is 4.56. The van der Waals surface area contributed by atoms with E-state index >= 15 is 0 Å². The molecule has 3 unspecified atom stereocenters. The smallest absolute Gasteiger partial charge is 0.136 e. The summed E-state index contributed by atoms with van der Waals surface area (Å²) in [5, 5.41) is 3.62. The first-order chi connectivity index (χ1) is 9.06. The molecule has 0 aromatic carbocycles. The summed E-state index contributed by atoms with van der Waals surface area (Å²) in [4.78, 5) is 9.15. The van der Waals surface area contributed by atoms with Crippen molar-refractivity contribution in [3.05, 3.63) is 11.4 Å². The number of aromatic nitrogens is 2. The molecule has 1 aromatic heterocycles. The Hall–Kier alpha value is -1.32. The van der Waals surface area contributed by atoms with Gasteiger partial charge in [0.1, 0.15) is 17.5 Å². The molecular weight excluding hydrogens is 236 g/mol. The molecule has 104 valence electrons. The van der Waals surface area contributed by atoms with Gasteiger partial charge in [-0.05, 0) is 44.4 Å². The predicted molar refractivity (Wildman–Crippen MR) is 78.1 cm³/mol. The van der Waals surface area contributed by atoms with Crippen molar-refractivity contribution < 1.29 is 0 Å². The quantitative estimate of drug-likeness (QED) is 0.876. The van der Waals surface area contributed by atoms with Gasteiger partial charge in [0.25, 0.3) is 0 Å². The van der Waals surface area contributed by atoms with Crippen LogP contribution in [0.2, 0.25) is 0 Å². The third kappa shape index (κ3) is 2.40. The van der Waals surface area contributed by atoms with Crippen LogP contribution in [0.1, 0.15) is 56.8 Å². The molecule has 0 bridgehead atoms. The van der Waals surface area contributed by atoms with Gasteiger partial charge in [-0.3, -0.25) is 0 Å². The molecule has 2 aliphatic rings. The monoisotopic (exact) mass is 260 g/mol. The van der Waals surface area contributed by atoms with Crippen molar-refractivity contribution in [3.63, 3.8) is 0 Å². The highest BCUT2D eigenvalue weighted by atomic mass is 15.1. The number of anilines is 2. The topological polar surface area (TPSA) is 63.8 Å². The molecular formula is C15H24N4. The van der Waals surface area contributed by atoms with E-state index in [1.54, 1.807) is 0 Å². The molecule has 3 rings (SSSR count). The van der Waals surface area contributed by atoms with Crippen molar-refractivity contribution >= 4 is 11.6 Å². The molecule has 4 nitrogen and oxygen atoms in total. The lowest BCUT2D eigenvalue weighted by atomic mass is 9.98. The fourth-order valence-electron chi connectivity index (χ4n) is 2.96.